The van der Waals surface area contributed by atoms with E-state index in [4.69, 9.17) is 16.3 Å². The predicted molar refractivity (Wildman–Crippen MR) is 91.6 cm³/mol. The number of nitriles is 1. The monoisotopic (exact) mass is 339 g/mol. The van der Waals surface area contributed by atoms with Gasteiger partial charge in [0, 0.05) is 30.0 Å². The Morgan fingerprint density at radius 2 is 1.83 bits per heavy atom. The van der Waals surface area contributed by atoms with Crippen molar-refractivity contribution in [3.8, 4) is 11.8 Å². The zero-order valence-electron chi connectivity index (χ0n) is 12.8. The lowest BCUT2D eigenvalue weighted by molar-refractivity contribution is 0.122. The van der Waals surface area contributed by atoms with Crippen LogP contribution in [0.25, 0.3) is 16.7 Å². The Morgan fingerprint density at radius 1 is 1.08 bits per heavy atom. The van der Waals surface area contributed by atoms with E-state index in [1.54, 1.807) is 0 Å². The SMILES string of the molecule is N#Cc1nc(N2CCOCC2)c2ccn(-c3ccc(Cl)cc3)c2n1. The van der Waals surface area contributed by atoms with Crippen molar-refractivity contribution in [1.29, 1.82) is 5.26 Å². The minimum absolute atomic E-state index is 0.165. The van der Waals surface area contributed by atoms with E-state index in [-0.39, 0.29) is 5.82 Å². The van der Waals surface area contributed by atoms with Crippen LogP contribution < -0.4 is 4.90 Å². The molecule has 1 aliphatic rings. The number of morpholine rings is 1. The fourth-order valence-electron chi connectivity index (χ4n) is 2.87. The fraction of sp³-hybridized carbons (Fsp3) is 0.235. The van der Waals surface area contributed by atoms with Gasteiger partial charge in [-0.25, -0.2) is 9.97 Å². The molecular formula is C17H14ClN5O. The number of ether oxygens (including phenoxy) is 1. The van der Waals surface area contributed by atoms with E-state index in [9.17, 15) is 5.26 Å². The number of aromatic nitrogens is 3. The third kappa shape index (κ3) is 2.58. The second-order valence-electron chi connectivity index (χ2n) is 5.48. The maximum absolute atomic E-state index is 9.31. The van der Waals surface area contributed by atoms with Gasteiger partial charge in [0.2, 0.25) is 5.82 Å². The Morgan fingerprint density at radius 3 is 2.54 bits per heavy atom. The zero-order valence-corrected chi connectivity index (χ0v) is 13.6. The van der Waals surface area contributed by atoms with Gasteiger partial charge in [0.05, 0.1) is 18.6 Å². The van der Waals surface area contributed by atoms with Crippen LogP contribution in [0.15, 0.2) is 36.5 Å². The number of hydrogen-bond donors (Lipinski definition) is 0. The lowest BCUT2D eigenvalue weighted by atomic mass is 10.3. The fourth-order valence-corrected chi connectivity index (χ4v) is 3.00. The van der Waals surface area contributed by atoms with Gasteiger partial charge in [-0.1, -0.05) is 11.6 Å². The highest BCUT2D eigenvalue weighted by Gasteiger charge is 2.19. The highest BCUT2D eigenvalue weighted by Crippen LogP contribution is 2.28. The van der Waals surface area contributed by atoms with Gasteiger partial charge in [-0.3, -0.25) is 0 Å². The van der Waals surface area contributed by atoms with Crippen molar-refractivity contribution in [1.82, 2.24) is 14.5 Å². The first-order valence-electron chi connectivity index (χ1n) is 7.64. The first-order chi connectivity index (χ1) is 11.8. The summed E-state index contributed by atoms with van der Waals surface area (Å²) < 4.78 is 7.35. The maximum atomic E-state index is 9.31. The molecule has 0 unspecified atom stereocenters. The third-order valence-electron chi connectivity index (χ3n) is 4.04. The van der Waals surface area contributed by atoms with Gasteiger partial charge in [0.15, 0.2) is 5.65 Å². The lowest BCUT2D eigenvalue weighted by Crippen LogP contribution is -2.37. The molecule has 1 aromatic carbocycles. The maximum Gasteiger partial charge on any atom is 0.236 e. The largest absolute Gasteiger partial charge is 0.378 e. The molecule has 3 aromatic rings. The van der Waals surface area contributed by atoms with Gasteiger partial charge in [0.25, 0.3) is 0 Å². The molecule has 0 radical (unpaired) electrons. The molecule has 120 valence electrons. The minimum atomic E-state index is 0.165. The molecule has 1 fully saturated rings. The Kier molecular flexibility index (Phi) is 3.81. The smallest absolute Gasteiger partial charge is 0.236 e. The number of benzene rings is 1. The summed E-state index contributed by atoms with van der Waals surface area (Å²) in [5, 5.41) is 10.9. The van der Waals surface area contributed by atoms with Gasteiger partial charge < -0.3 is 14.2 Å². The van der Waals surface area contributed by atoms with E-state index < -0.39 is 0 Å². The molecule has 1 aliphatic heterocycles. The summed E-state index contributed by atoms with van der Waals surface area (Å²) >= 11 is 5.97. The molecule has 0 N–H and O–H groups in total. The van der Waals surface area contributed by atoms with Crippen LogP contribution in [0.1, 0.15) is 5.82 Å². The van der Waals surface area contributed by atoms with Crippen LogP contribution in [-0.4, -0.2) is 40.8 Å². The number of fused-ring (bicyclic) bond motifs is 1. The summed E-state index contributed by atoms with van der Waals surface area (Å²) in [7, 11) is 0. The Labute approximate surface area is 143 Å². The molecule has 0 amide bonds. The van der Waals surface area contributed by atoms with Crippen LogP contribution in [0, 0.1) is 11.3 Å². The predicted octanol–water partition coefficient (Wildman–Crippen LogP) is 2.78. The first-order valence-corrected chi connectivity index (χ1v) is 8.02. The summed E-state index contributed by atoms with van der Waals surface area (Å²) in [6.45, 7) is 2.82. The molecule has 1 saturated heterocycles. The zero-order chi connectivity index (χ0) is 16.5. The van der Waals surface area contributed by atoms with Crippen molar-refractivity contribution in [3.05, 3.63) is 47.4 Å². The molecule has 4 rings (SSSR count). The van der Waals surface area contributed by atoms with E-state index in [1.165, 1.54) is 0 Å². The van der Waals surface area contributed by atoms with E-state index in [2.05, 4.69) is 20.9 Å². The Bertz CT molecular complexity index is 923. The topological polar surface area (TPSA) is 67.0 Å². The number of halogens is 1. The molecule has 2 aromatic heterocycles. The summed E-state index contributed by atoms with van der Waals surface area (Å²) in [4.78, 5) is 11.0. The molecular weight excluding hydrogens is 326 g/mol. The molecule has 0 spiro atoms. The van der Waals surface area contributed by atoms with Crippen molar-refractivity contribution in [2.45, 2.75) is 0 Å². The van der Waals surface area contributed by atoms with Crippen LogP contribution in [0.4, 0.5) is 5.82 Å². The molecule has 0 bridgehead atoms. The van der Waals surface area contributed by atoms with Gasteiger partial charge >= 0.3 is 0 Å². The van der Waals surface area contributed by atoms with E-state index in [1.807, 2.05) is 41.1 Å². The van der Waals surface area contributed by atoms with Crippen molar-refractivity contribution in [3.63, 3.8) is 0 Å². The van der Waals surface area contributed by atoms with Gasteiger partial charge in [-0.2, -0.15) is 5.26 Å². The van der Waals surface area contributed by atoms with E-state index in [0.717, 1.165) is 30.0 Å². The average molecular weight is 340 g/mol. The summed E-state index contributed by atoms with van der Waals surface area (Å²) in [6.07, 6.45) is 1.94. The van der Waals surface area contributed by atoms with Crippen molar-refractivity contribution in [2.75, 3.05) is 31.2 Å². The number of rotatable bonds is 2. The number of nitrogens with zero attached hydrogens (tertiary/aromatic N) is 5. The Balaban J connectivity index is 1.89. The minimum Gasteiger partial charge on any atom is -0.378 e. The summed E-state index contributed by atoms with van der Waals surface area (Å²) in [5.41, 5.74) is 1.65. The van der Waals surface area contributed by atoms with Crippen LogP contribution in [-0.2, 0) is 4.74 Å². The molecule has 0 saturated carbocycles. The quantitative estimate of drug-likeness (QED) is 0.718. The second-order valence-corrected chi connectivity index (χ2v) is 5.92. The average Bonchev–Trinajstić information content (AvgIpc) is 3.06. The number of anilines is 1. The van der Waals surface area contributed by atoms with Crippen LogP contribution in [0.5, 0.6) is 0 Å². The van der Waals surface area contributed by atoms with Crippen molar-refractivity contribution < 1.29 is 4.74 Å². The van der Waals surface area contributed by atoms with Crippen molar-refractivity contribution >= 4 is 28.5 Å². The van der Waals surface area contributed by atoms with Crippen molar-refractivity contribution in [2.24, 2.45) is 0 Å². The van der Waals surface area contributed by atoms with Gasteiger partial charge in [0.1, 0.15) is 11.9 Å². The van der Waals surface area contributed by atoms with Crippen LogP contribution in [0.3, 0.4) is 0 Å². The highest BCUT2D eigenvalue weighted by atomic mass is 35.5. The molecule has 0 aliphatic carbocycles. The molecule has 24 heavy (non-hydrogen) atoms. The standard InChI is InChI=1S/C17H14ClN5O/c18-12-1-3-13(4-2-12)23-6-5-14-16(22-7-9-24-10-8-22)20-15(11-19)21-17(14)23/h1-6H,7-10H2. The lowest BCUT2D eigenvalue weighted by Gasteiger charge is -2.28. The second kappa shape index (κ2) is 6.11. The van der Waals surface area contributed by atoms with Gasteiger partial charge in [-0.15, -0.1) is 0 Å². The first kappa shape index (κ1) is 14.9. The molecule has 0 atom stereocenters. The summed E-state index contributed by atoms with van der Waals surface area (Å²) in [5.74, 6) is 0.950. The summed E-state index contributed by atoms with van der Waals surface area (Å²) in [6, 6.07) is 11.5. The van der Waals surface area contributed by atoms with E-state index >= 15 is 0 Å². The Hall–Kier alpha value is -2.62. The third-order valence-corrected chi connectivity index (χ3v) is 4.29. The molecule has 3 heterocycles. The van der Waals surface area contributed by atoms with E-state index in [0.29, 0.717) is 23.9 Å². The van der Waals surface area contributed by atoms with Crippen LogP contribution >= 0.6 is 11.6 Å². The molecule has 6 nitrogen and oxygen atoms in total. The van der Waals surface area contributed by atoms with Crippen LogP contribution in [0.2, 0.25) is 5.02 Å². The highest BCUT2D eigenvalue weighted by molar-refractivity contribution is 6.30. The normalized spacial score (nSPS) is 14.8. The molecule has 7 heteroatoms. The number of hydrogen-bond acceptors (Lipinski definition) is 5. The van der Waals surface area contributed by atoms with Gasteiger partial charge in [-0.05, 0) is 30.3 Å².